The number of aryl methyl sites for hydroxylation is 1. The molecule has 0 spiro atoms. The molecule has 0 bridgehead atoms. The summed E-state index contributed by atoms with van der Waals surface area (Å²) in [5.74, 6) is 1.71. The van der Waals surface area contributed by atoms with Gasteiger partial charge < -0.3 is 5.73 Å². The maximum absolute atomic E-state index is 5.89. The molecule has 0 aromatic carbocycles. The lowest BCUT2D eigenvalue weighted by Gasteiger charge is -2.10. The Hall–Kier alpha value is -1.91. The maximum Gasteiger partial charge on any atom is 0.182 e. The fourth-order valence-electron chi connectivity index (χ4n) is 2.57. The Morgan fingerprint density at radius 2 is 2.06 bits per heavy atom. The molecule has 1 saturated carbocycles. The van der Waals surface area contributed by atoms with Crippen molar-refractivity contribution in [2.45, 2.75) is 31.6 Å². The van der Waals surface area contributed by atoms with Crippen LogP contribution in [0, 0.1) is 0 Å². The van der Waals surface area contributed by atoms with Gasteiger partial charge in [-0.2, -0.15) is 5.10 Å². The Bertz CT molecular complexity index is 554. The second kappa shape index (κ2) is 4.40. The van der Waals surface area contributed by atoms with Crippen molar-refractivity contribution in [3.63, 3.8) is 0 Å². The van der Waals surface area contributed by atoms with Gasteiger partial charge in [0.25, 0.3) is 0 Å². The van der Waals surface area contributed by atoms with Gasteiger partial charge in [-0.1, -0.05) is 12.8 Å². The monoisotopic (exact) mass is 243 g/mol. The van der Waals surface area contributed by atoms with Crippen LogP contribution in [0.5, 0.6) is 0 Å². The van der Waals surface area contributed by atoms with E-state index >= 15 is 0 Å². The Morgan fingerprint density at radius 3 is 2.72 bits per heavy atom. The van der Waals surface area contributed by atoms with Crippen molar-refractivity contribution in [1.29, 1.82) is 0 Å². The molecule has 0 amide bonds. The number of anilines is 1. The number of rotatable bonds is 2. The van der Waals surface area contributed by atoms with Crippen LogP contribution in [0.4, 0.5) is 5.82 Å². The van der Waals surface area contributed by atoms with Crippen molar-refractivity contribution in [2.75, 3.05) is 5.73 Å². The lowest BCUT2D eigenvalue weighted by molar-refractivity contribution is 0.695. The SMILES string of the molecule is Cn1ccc(-c2nc(N)cc(C3CCCC3)n2)n1. The van der Waals surface area contributed by atoms with E-state index < -0.39 is 0 Å². The first-order chi connectivity index (χ1) is 8.72. The Morgan fingerprint density at radius 1 is 1.28 bits per heavy atom. The fraction of sp³-hybridized carbons (Fsp3) is 0.462. The van der Waals surface area contributed by atoms with Gasteiger partial charge in [0.05, 0.1) is 0 Å². The van der Waals surface area contributed by atoms with Crippen LogP contribution < -0.4 is 5.73 Å². The number of hydrogen-bond acceptors (Lipinski definition) is 4. The van der Waals surface area contributed by atoms with Gasteiger partial charge in [-0.05, 0) is 18.9 Å². The van der Waals surface area contributed by atoms with E-state index in [0.717, 1.165) is 11.4 Å². The third-order valence-electron chi connectivity index (χ3n) is 3.48. The van der Waals surface area contributed by atoms with E-state index in [-0.39, 0.29) is 0 Å². The third-order valence-corrected chi connectivity index (χ3v) is 3.48. The van der Waals surface area contributed by atoms with E-state index in [1.165, 1.54) is 25.7 Å². The molecule has 5 heteroatoms. The van der Waals surface area contributed by atoms with Gasteiger partial charge in [0.1, 0.15) is 11.5 Å². The lowest BCUT2D eigenvalue weighted by atomic mass is 10.0. The zero-order valence-electron chi connectivity index (χ0n) is 10.5. The molecule has 3 rings (SSSR count). The van der Waals surface area contributed by atoms with Crippen molar-refractivity contribution >= 4 is 5.82 Å². The molecule has 18 heavy (non-hydrogen) atoms. The largest absolute Gasteiger partial charge is 0.384 e. The molecule has 1 aliphatic carbocycles. The van der Waals surface area contributed by atoms with Crippen molar-refractivity contribution in [1.82, 2.24) is 19.7 Å². The summed E-state index contributed by atoms with van der Waals surface area (Å²) < 4.78 is 1.75. The van der Waals surface area contributed by atoms with E-state index in [2.05, 4.69) is 15.1 Å². The minimum Gasteiger partial charge on any atom is -0.384 e. The van der Waals surface area contributed by atoms with Crippen molar-refractivity contribution in [2.24, 2.45) is 7.05 Å². The Labute approximate surface area is 106 Å². The van der Waals surface area contributed by atoms with E-state index in [1.54, 1.807) is 4.68 Å². The molecule has 0 unspecified atom stereocenters. The summed E-state index contributed by atoms with van der Waals surface area (Å²) in [6, 6.07) is 3.82. The first-order valence-corrected chi connectivity index (χ1v) is 6.37. The molecule has 2 N–H and O–H groups in total. The van der Waals surface area contributed by atoms with Crippen LogP contribution in [0.2, 0.25) is 0 Å². The minimum absolute atomic E-state index is 0.535. The first kappa shape index (κ1) is 11.2. The van der Waals surface area contributed by atoms with Gasteiger partial charge in [0.15, 0.2) is 5.82 Å². The number of aromatic nitrogens is 4. The average molecular weight is 243 g/mol. The van der Waals surface area contributed by atoms with Gasteiger partial charge in [-0.15, -0.1) is 0 Å². The molecule has 2 aromatic heterocycles. The minimum atomic E-state index is 0.535. The van der Waals surface area contributed by atoms with E-state index in [4.69, 9.17) is 5.73 Å². The first-order valence-electron chi connectivity index (χ1n) is 6.37. The van der Waals surface area contributed by atoms with Crippen molar-refractivity contribution < 1.29 is 0 Å². The van der Waals surface area contributed by atoms with Crippen LogP contribution in [0.3, 0.4) is 0 Å². The molecule has 2 aromatic rings. The number of hydrogen-bond donors (Lipinski definition) is 1. The molecule has 0 saturated heterocycles. The highest BCUT2D eigenvalue weighted by Crippen LogP contribution is 2.34. The lowest BCUT2D eigenvalue weighted by Crippen LogP contribution is -2.04. The van der Waals surface area contributed by atoms with Gasteiger partial charge >= 0.3 is 0 Å². The van der Waals surface area contributed by atoms with Crippen LogP contribution >= 0.6 is 0 Å². The molecular weight excluding hydrogens is 226 g/mol. The molecule has 0 aliphatic heterocycles. The maximum atomic E-state index is 5.89. The predicted octanol–water partition coefficient (Wildman–Crippen LogP) is 2.12. The summed E-state index contributed by atoms with van der Waals surface area (Å²) in [5, 5.41) is 4.33. The number of nitrogen functional groups attached to an aromatic ring is 1. The Balaban J connectivity index is 1.99. The van der Waals surface area contributed by atoms with Crippen LogP contribution in [0.1, 0.15) is 37.3 Å². The van der Waals surface area contributed by atoms with Crippen molar-refractivity contribution in [3.8, 4) is 11.5 Å². The van der Waals surface area contributed by atoms with Crippen molar-refractivity contribution in [3.05, 3.63) is 24.0 Å². The van der Waals surface area contributed by atoms with Crippen LogP contribution in [-0.4, -0.2) is 19.7 Å². The summed E-state index contributed by atoms with van der Waals surface area (Å²) in [4.78, 5) is 8.91. The fourth-order valence-corrected chi connectivity index (χ4v) is 2.57. The zero-order valence-corrected chi connectivity index (χ0v) is 10.5. The van der Waals surface area contributed by atoms with E-state index in [1.807, 2.05) is 25.4 Å². The highest BCUT2D eigenvalue weighted by Gasteiger charge is 2.20. The molecule has 1 aliphatic rings. The molecular formula is C13H17N5. The molecule has 1 fully saturated rings. The highest BCUT2D eigenvalue weighted by molar-refractivity contribution is 5.51. The molecule has 2 heterocycles. The van der Waals surface area contributed by atoms with Gasteiger partial charge in [-0.3, -0.25) is 4.68 Å². The molecule has 5 nitrogen and oxygen atoms in total. The second-order valence-corrected chi connectivity index (χ2v) is 4.90. The van der Waals surface area contributed by atoms with Gasteiger partial charge in [-0.25, -0.2) is 9.97 Å². The quantitative estimate of drug-likeness (QED) is 0.877. The van der Waals surface area contributed by atoms with Gasteiger partial charge in [0.2, 0.25) is 0 Å². The third kappa shape index (κ3) is 2.08. The summed E-state index contributed by atoms with van der Waals surface area (Å²) >= 11 is 0. The number of nitrogens with zero attached hydrogens (tertiary/aromatic N) is 4. The topological polar surface area (TPSA) is 69.6 Å². The normalized spacial score (nSPS) is 16.3. The van der Waals surface area contributed by atoms with Crippen LogP contribution in [0.25, 0.3) is 11.5 Å². The predicted molar refractivity (Wildman–Crippen MR) is 69.9 cm³/mol. The summed E-state index contributed by atoms with van der Waals surface area (Å²) in [7, 11) is 1.88. The second-order valence-electron chi connectivity index (χ2n) is 4.90. The molecule has 0 radical (unpaired) electrons. The smallest absolute Gasteiger partial charge is 0.182 e. The molecule has 0 atom stereocenters. The van der Waals surface area contributed by atoms with Crippen LogP contribution in [-0.2, 0) is 7.05 Å². The Kier molecular flexibility index (Phi) is 2.74. The molecule has 94 valence electrons. The van der Waals surface area contributed by atoms with Crippen LogP contribution in [0.15, 0.2) is 18.3 Å². The van der Waals surface area contributed by atoms with E-state index in [9.17, 15) is 0 Å². The summed E-state index contributed by atoms with van der Waals surface area (Å²) in [6.45, 7) is 0. The summed E-state index contributed by atoms with van der Waals surface area (Å²) in [6.07, 6.45) is 6.87. The summed E-state index contributed by atoms with van der Waals surface area (Å²) in [5.41, 5.74) is 7.74. The zero-order chi connectivity index (χ0) is 12.5. The van der Waals surface area contributed by atoms with E-state index in [0.29, 0.717) is 17.6 Å². The average Bonchev–Trinajstić information content (AvgIpc) is 2.98. The number of nitrogens with two attached hydrogens (primary N) is 1. The van der Waals surface area contributed by atoms with Gasteiger partial charge in [0, 0.05) is 30.9 Å². The standard InChI is InChI=1S/C13H17N5/c1-18-7-6-10(17-18)13-15-11(8-12(14)16-13)9-4-2-3-5-9/h6-9H,2-5H2,1H3,(H2,14,15,16). The highest BCUT2D eigenvalue weighted by atomic mass is 15.3.